The molecular weight excluding hydrogens is 316 g/mol. The number of hydrogen-bond acceptors (Lipinski definition) is 1. The number of hydrogen-bond donors (Lipinski definition) is 1. The highest BCUT2D eigenvalue weighted by Crippen LogP contribution is 2.34. The van der Waals surface area contributed by atoms with E-state index in [1.807, 2.05) is 5.32 Å². The number of rotatable bonds is 2. The molecule has 0 fully saturated rings. The lowest BCUT2D eigenvalue weighted by atomic mass is 10.2. The molecule has 1 aromatic carbocycles. The van der Waals surface area contributed by atoms with Crippen LogP contribution in [0.3, 0.4) is 0 Å². The second-order valence-electron chi connectivity index (χ2n) is 3.16. The lowest BCUT2D eigenvalue weighted by molar-refractivity contribution is -0.137. The van der Waals surface area contributed by atoms with E-state index >= 15 is 0 Å². The molecule has 1 N–H and O–H groups in total. The molecule has 0 aliphatic heterocycles. The third kappa shape index (κ3) is 4.45. The van der Waals surface area contributed by atoms with Crippen LogP contribution < -0.4 is 5.32 Å². The molecule has 96 valence electrons. The minimum Gasteiger partial charge on any atom is -0.376 e. The molecule has 0 aliphatic carbocycles. The van der Waals surface area contributed by atoms with Crippen molar-refractivity contribution in [3.05, 3.63) is 28.2 Å². The summed E-state index contributed by atoms with van der Waals surface area (Å²) in [4.78, 5) is 0. The summed E-state index contributed by atoms with van der Waals surface area (Å²) in [6, 6.07) is 2.44. The molecule has 1 aromatic rings. The molecule has 1 rings (SSSR count). The molecule has 1 nitrogen and oxygen atoms in total. The average molecular weight is 322 g/mol. The summed E-state index contributed by atoms with van der Waals surface area (Å²) in [5.74, 6) is 0. The Bertz CT molecular complexity index is 397. The summed E-state index contributed by atoms with van der Waals surface area (Å²) in [5.41, 5.74) is -1.26. The van der Waals surface area contributed by atoms with Gasteiger partial charge in [-0.05, 0) is 34.1 Å². The Morgan fingerprint density at radius 3 is 2.12 bits per heavy atom. The number of benzene rings is 1. The zero-order chi connectivity index (χ0) is 13.3. The lowest BCUT2D eigenvalue weighted by Crippen LogP contribution is -2.21. The highest BCUT2D eigenvalue weighted by molar-refractivity contribution is 9.10. The third-order valence-corrected chi connectivity index (χ3v) is 2.46. The zero-order valence-corrected chi connectivity index (χ0v) is 9.67. The van der Waals surface area contributed by atoms with Gasteiger partial charge in [-0.3, -0.25) is 0 Å². The van der Waals surface area contributed by atoms with Gasteiger partial charge < -0.3 is 5.32 Å². The molecule has 17 heavy (non-hydrogen) atoms. The van der Waals surface area contributed by atoms with Crippen molar-refractivity contribution in [1.82, 2.24) is 0 Å². The van der Waals surface area contributed by atoms with Gasteiger partial charge in [0.1, 0.15) is 6.54 Å². The smallest absolute Gasteiger partial charge is 0.376 e. The molecule has 0 spiro atoms. The molecule has 0 aliphatic rings. The van der Waals surface area contributed by atoms with E-state index in [4.69, 9.17) is 0 Å². The molecule has 0 unspecified atom stereocenters. The van der Waals surface area contributed by atoms with Crippen LogP contribution in [-0.2, 0) is 6.18 Å². The number of anilines is 1. The topological polar surface area (TPSA) is 12.0 Å². The van der Waals surface area contributed by atoms with E-state index < -0.39 is 24.5 Å². The Morgan fingerprint density at radius 2 is 1.65 bits per heavy atom. The van der Waals surface area contributed by atoms with Gasteiger partial charge in [0.15, 0.2) is 0 Å². The summed E-state index contributed by atoms with van der Waals surface area (Å²) in [7, 11) is 0. The summed E-state index contributed by atoms with van der Waals surface area (Å²) in [6.45, 7) is -1.40. The molecular formula is C9H6BrF6N. The normalized spacial score (nSPS) is 12.6. The molecule has 0 bridgehead atoms. The third-order valence-electron chi connectivity index (χ3n) is 1.77. The Hall–Kier alpha value is -0.920. The van der Waals surface area contributed by atoms with Crippen LogP contribution in [0.25, 0.3) is 0 Å². The summed E-state index contributed by atoms with van der Waals surface area (Å²) < 4.78 is 72.8. The van der Waals surface area contributed by atoms with Crippen LogP contribution in [0.4, 0.5) is 32.0 Å². The highest BCUT2D eigenvalue weighted by atomic mass is 79.9. The minimum absolute atomic E-state index is 0.134. The first-order chi connectivity index (χ1) is 7.59. The molecule has 8 heteroatoms. The van der Waals surface area contributed by atoms with Crippen LogP contribution in [0.15, 0.2) is 22.7 Å². The fourth-order valence-electron chi connectivity index (χ4n) is 1.03. The highest BCUT2D eigenvalue weighted by Gasteiger charge is 2.32. The van der Waals surface area contributed by atoms with Crippen LogP contribution in [-0.4, -0.2) is 12.7 Å². The number of alkyl halides is 6. The lowest BCUT2D eigenvalue weighted by Gasteiger charge is -2.13. The SMILES string of the molecule is FC(F)(F)CNc1cc(C(F)(F)F)ccc1Br. The Morgan fingerprint density at radius 1 is 1.06 bits per heavy atom. The summed E-state index contributed by atoms with van der Waals surface area (Å²) >= 11 is 2.87. The van der Waals surface area contributed by atoms with Gasteiger partial charge in [-0.25, -0.2) is 0 Å². The standard InChI is InChI=1S/C9H6BrF6N/c10-6-2-1-5(9(14,15)16)3-7(6)17-4-8(11,12)13/h1-3,17H,4H2. The van der Waals surface area contributed by atoms with E-state index in [2.05, 4.69) is 15.9 Å². The van der Waals surface area contributed by atoms with Crippen molar-refractivity contribution >= 4 is 21.6 Å². The second-order valence-corrected chi connectivity index (χ2v) is 4.02. The van der Waals surface area contributed by atoms with Gasteiger partial charge in [-0.2, -0.15) is 26.3 Å². The number of halogens is 7. The molecule has 0 saturated carbocycles. The first-order valence-corrected chi connectivity index (χ1v) is 5.06. The van der Waals surface area contributed by atoms with E-state index in [9.17, 15) is 26.3 Å². The van der Waals surface area contributed by atoms with Gasteiger partial charge >= 0.3 is 12.4 Å². The first kappa shape index (κ1) is 14.1. The van der Waals surface area contributed by atoms with Gasteiger partial charge in [0, 0.05) is 10.2 Å². The Balaban J connectivity index is 2.92. The maximum atomic E-state index is 12.3. The predicted molar refractivity (Wildman–Crippen MR) is 53.7 cm³/mol. The van der Waals surface area contributed by atoms with Crippen molar-refractivity contribution in [2.24, 2.45) is 0 Å². The van der Waals surface area contributed by atoms with E-state index in [0.29, 0.717) is 6.07 Å². The summed E-state index contributed by atoms with van der Waals surface area (Å²) in [5, 5.41) is 1.89. The van der Waals surface area contributed by atoms with Crippen LogP contribution in [0, 0.1) is 0 Å². The van der Waals surface area contributed by atoms with Gasteiger partial charge in [-0.1, -0.05) is 0 Å². The molecule has 0 heterocycles. The molecule has 0 atom stereocenters. The van der Waals surface area contributed by atoms with Crippen molar-refractivity contribution in [2.75, 3.05) is 11.9 Å². The first-order valence-electron chi connectivity index (χ1n) is 4.27. The van der Waals surface area contributed by atoms with Crippen molar-refractivity contribution in [3.8, 4) is 0 Å². The Kier molecular flexibility index (Phi) is 3.95. The fourth-order valence-corrected chi connectivity index (χ4v) is 1.42. The van der Waals surface area contributed by atoms with E-state index in [0.717, 1.165) is 12.1 Å². The zero-order valence-electron chi connectivity index (χ0n) is 8.08. The summed E-state index contributed by atoms with van der Waals surface area (Å²) in [6.07, 6.45) is -9.08. The molecule has 0 aromatic heterocycles. The maximum absolute atomic E-state index is 12.3. The second kappa shape index (κ2) is 4.75. The quantitative estimate of drug-likeness (QED) is 0.794. The largest absolute Gasteiger partial charge is 0.416 e. The van der Waals surface area contributed by atoms with E-state index in [1.54, 1.807) is 0 Å². The number of nitrogens with one attached hydrogen (secondary N) is 1. The van der Waals surface area contributed by atoms with Gasteiger partial charge in [0.2, 0.25) is 0 Å². The van der Waals surface area contributed by atoms with Crippen molar-refractivity contribution < 1.29 is 26.3 Å². The van der Waals surface area contributed by atoms with Crippen molar-refractivity contribution in [2.45, 2.75) is 12.4 Å². The molecule has 0 radical (unpaired) electrons. The van der Waals surface area contributed by atoms with E-state index in [-0.39, 0.29) is 10.2 Å². The van der Waals surface area contributed by atoms with Crippen LogP contribution >= 0.6 is 15.9 Å². The van der Waals surface area contributed by atoms with Crippen molar-refractivity contribution in [1.29, 1.82) is 0 Å². The van der Waals surface area contributed by atoms with Crippen LogP contribution in [0.1, 0.15) is 5.56 Å². The maximum Gasteiger partial charge on any atom is 0.416 e. The molecule has 0 amide bonds. The van der Waals surface area contributed by atoms with Crippen molar-refractivity contribution in [3.63, 3.8) is 0 Å². The van der Waals surface area contributed by atoms with Crippen LogP contribution in [0.2, 0.25) is 0 Å². The molecule has 0 saturated heterocycles. The Labute approximate surface area is 101 Å². The van der Waals surface area contributed by atoms with Gasteiger partial charge in [0.05, 0.1) is 5.56 Å². The fraction of sp³-hybridized carbons (Fsp3) is 0.333. The van der Waals surface area contributed by atoms with Crippen LogP contribution in [0.5, 0.6) is 0 Å². The van der Waals surface area contributed by atoms with E-state index in [1.165, 1.54) is 0 Å². The monoisotopic (exact) mass is 321 g/mol. The minimum atomic E-state index is -4.59. The van der Waals surface area contributed by atoms with Gasteiger partial charge in [0.25, 0.3) is 0 Å². The van der Waals surface area contributed by atoms with Gasteiger partial charge in [-0.15, -0.1) is 0 Å². The predicted octanol–water partition coefficient (Wildman–Crippen LogP) is 4.44. The average Bonchev–Trinajstić information content (AvgIpc) is 2.13.